The van der Waals surface area contributed by atoms with Gasteiger partial charge in [0, 0.05) is 48.6 Å². The van der Waals surface area contributed by atoms with E-state index in [0.717, 1.165) is 35.0 Å². The summed E-state index contributed by atoms with van der Waals surface area (Å²) in [4.78, 5) is 10.5. The quantitative estimate of drug-likeness (QED) is 0.517. The average Bonchev–Trinajstić information content (AvgIpc) is 2.79. The van der Waals surface area contributed by atoms with Crippen LogP contribution in [0.1, 0.15) is 18.4 Å². The molecule has 0 aliphatic carbocycles. The van der Waals surface area contributed by atoms with Crippen molar-refractivity contribution in [3.63, 3.8) is 0 Å². The SMILES string of the molecule is C#Cc1cccc(Nc2ncnc3cc(OC)c(OC4CCN(C#N)CC4)cc23)c1. The first-order valence-electron chi connectivity index (χ1n) is 9.68. The summed E-state index contributed by atoms with van der Waals surface area (Å²) in [7, 11) is 1.61. The van der Waals surface area contributed by atoms with Crippen LogP contribution < -0.4 is 14.8 Å². The molecule has 0 saturated carbocycles. The van der Waals surface area contributed by atoms with Crippen LogP contribution in [-0.2, 0) is 0 Å². The third-order valence-electron chi connectivity index (χ3n) is 5.09. The molecule has 0 unspecified atom stereocenters. The molecule has 2 heterocycles. The summed E-state index contributed by atoms with van der Waals surface area (Å²) >= 11 is 0. The number of rotatable bonds is 5. The van der Waals surface area contributed by atoms with E-state index in [1.54, 1.807) is 12.0 Å². The van der Waals surface area contributed by atoms with Crippen molar-refractivity contribution in [3.8, 4) is 30.0 Å². The molecule has 30 heavy (non-hydrogen) atoms. The number of nitriles is 1. The highest BCUT2D eigenvalue weighted by Gasteiger charge is 2.22. The van der Waals surface area contributed by atoms with Crippen LogP contribution in [0.15, 0.2) is 42.7 Å². The molecule has 4 rings (SSSR count). The molecule has 0 bridgehead atoms. The van der Waals surface area contributed by atoms with Gasteiger partial charge in [-0.05, 0) is 24.3 Å². The Hall–Kier alpha value is -3.97. The minimum Gasteiger partial charge on any atom is -0.493 e. The average molecular weight is 399 g/mol. The molecule has 0 amide bonds. The van der Waals surface area contributed by atoms with E-state index in [-0.39, 0.29) is 6.10 Å². The molecule has 3 aromatic rings. The Morgan fingerprint density at radius 1 is 1.17 bits per heavy atom. The zero-order chi connectivity index (χ0) is 20.9. The second-order valence-electron chi connectivity index (χ2n) is 7.00. The fraction of sp³-hybridized carbons (Fsp3) is 0.261. The third kappa shape index (κ3) is 4.06. The zero-order valence-electron chi connectivity index (χ0n) is 16.6. The number of anilines is 2. The van der Waals surface area contributed by atoms with Crippen LogP contribution in [0, 0.1) is 23.8 Å². The molecule has 0 radical (unpaired) electrons. The fourth-order valence-corrected chi connectivity index (χ4v) is 3.49. The summed E-state index contributed by atoms with van der Waals surface area (Å²) in [6.07, 6.45) is 10.8. The minimum atomic E-state index is 0.0225. The van der Waals surface area contributed by atoms with E-state index in [4.69, 9.17) is 21.2 Å². The van der Waals surface area contributed by atoms with Gasteiger partial charge in [-0.15, -0.1) is 6.42 Å². The van der Waals surface area contributed by atoms with E-state index >= 15 is 0 Å². The topological polar surface area (TPSA) is 83.3 Å². The number of nitrogens with one attached hydrogen (secondary N) is 1. The van der Waals surface area contributed by atoms with Gasteiger partial charge in [-0.1, -0.05) is 12.0 Å². The maximum absolute atomic E-state index is 9.04. The van der Waals surface area contributed by atoms with Gasteiger partial charge in [0.25, 0.3) is 0 Å². The Morgan fingerprint density at radius 2 is 2.00 bits per heavy atom. The van der Waals surface area contributed by atoms with Gasteiger partial charge >= 0.3 is 0 Å². The van der Waals surface area contributed by atoms with Crippen molar-refractivity contribution < 1.29 is 9.47 Å². The Morgan fingerprint density at radius 3 is 2.73 bits per heavy atom. The molecule has 1 saturated heterocycles. The van der Waals surface area contributed by atoms with Crippen molar-refractivity contribution in [3.05, 3.63) is 48.3 Å². The van der Waals surface area contributed by atoms with Crippen LogP contribution in [0.5, 0.6) is 11.5 Å². The Balaban J connectivity index is 1.65. The van der Waals surface area contributed by atoms with Gasteiger partial charge in [0.1, 0.15) is 18.2 Å². The Kier molecular flexibility index (Phi) is 5.54. The number of benzene rings is 2. The van der Waals surface area contributed by atoms with Crippen molar-refractivity contribution in [2.75, 3.05) is 25.5 Å². The lowest BCUT2D eigenvalue weighted by Gasteiger charge is -2.29. The van der Waals surface area contributed by atoms with Gasteiger partial charge in [0.05, 0.1) is 12.6 Å². The van der Waals surface area contributed by atoms with Crippen molar-refractivity contribution in [1.29, 1.82) is 5.26 Å². The van der Waals surface area contributed by atoms with Crippen LogP contribution in [0.25, 0.3) is 10.9 Å². The second-order valence-corrected chi connectivity index (χ2v) is 7.00. The van der Waals surface area contributed by atoms with E-state index < -0.39 is 0 Å². The van der Waals surface area contributed by atoms with Crippen LogP contribution in [0.2, 0.25) is 0 Å². The normalized spacial score (nSPS) is 14.0. The van der Waals surface area contributed by atoms with Crippen LogP contribution in [-0.4, -0.2) is 41.2 Å². The molecule has 0 atom stereocenters. The van der Waals surface area contributed by atoms with Crippen molar-refractivity contribution in [1.82, 2.24) is 14.9 Å². The number of hydrogen-bond acceptors (Lipinski definition) is 7. The fourth-order valence-electron chi connectivity index (χ4n) is 3.49. The van der Waals surface area contributed by atoms with Crippen LogP contribution in [0.4, 0.5) is 11.5 Å². The highest BCUT2D eigenvalue weighted by Crippen LogP contribution is 2.36. The maximum Gasteiger partial charge on any atom is 0.179 e. The summed E-state index contributed by atoms with van der Waals surface area (Å²) in [5.41, 5.74) is 2.37. The molecule has 7 heteroatoms. The standard InChI is InChI=1S/C23H21N5O2/c1-3-16-5-4-6-17(11-16)27-23-19-12-22(21(29-2)13-20(19)25-15-26-23)30-18-7-9-28(14-24)10-8-18/h1,4-6,11-13,15,18H,7-10H2,2H3,(H,25,26,27). The Bertz CT molecular complexity index is 1140. The summed E-state index contributed by atoms with van der Waals surface area (Å²) in [6.45, 7) is 1.39. The highest BCUT2D eigenvalue weighted by molar-refractivity contribution is 5.93. The number of methoxy groups -OCH3 is 1. The number of piperidine rings is 1. The number of ether oxygens (including phenoxy) is 2. The zero-order valence-corrected chi connectivity index (χ0v) is 16.6. The predicted molar refractivity (Wildman–Crippen MR) is 115 cm³/mol. The van der Waals surface area contributed by atoms with Crippen LogP contribution in [0.3, 0.4) is 0 Å². The van der Waals surface area contributed by atoms with Crippen LogP contribution >= 0.6 is 0 Å². The number of hydrogen-bond donors (Lipinski definition) is 1. The lowest BCUT2D eigenvalue weighted by molar-refractivity contribution is 0.123. The first-order valence-corrected chi connectivity index (χ1v) is 9.68. The van der Waals surface area contributed by atoms with Gasteiger partial charge in [-0.3, -0.25) is 0 Å². The molecule has 150 valence electrons. The molecular weight excluding hydrogens is 378 g/mol. The van der Waals surface area contributed by atoms with E-state index in [1.807, 2.05) is 36.4 Å². The molecule has 1 N–H and O–H groups in total. The molecule has 2 aromatic carbocycles. The van der Waals surface area contributed by atoms with E-state index in [9.17, 15) is 0 Å². The molecule has 1 aromatic heterocycles. The van der Waals surface area contributed by atoms with Gasteiger partial charge in [0.15, 0.2) is 17.7 Å². The summed E-state index contributed by atoms with van der Waals surface area (Å²) in [5.74, 6) is 4.54. The van der Waals surface area contributed by atoms with Gasteiger partial charge in [-0.25, -0.2) is 9.97 Å². The minimum absolute atomic E-state index is 0.0225. The number of nitrogens with zero attached hydrogens (tertiary/aromatic N) is 4. The predicted octanol–water partition coefficient (Wildman–Crippen LogP) is 3.69. The summed E-state index contributed by atoms with van der Waals surface area (Å²) in [5, 5.41) is 13.2. The second kappa shape index (κ2) is 8.59. The van der Waals surface area contributed by atoms with Gasteiger partial charge in [0.2, 0.25) is 0 Å². The molecule has 1 aliphatic heterocycles. The molecule has 0 spiro atoms. The smallest absolute Gasteiger partial charge is 0.179 e. The first-order chi connectivity index (χ1) is 14.7. The van der Waals surface area contributed by atoms with E-state index in [2.05, 4.69) is 27.4 Å². The number of aromatic nitrogens is 2. The maximum atomic E-state index is 9.04. The van der Waals surface area contributed by atoms with Crippen molar-refractivity contribution in [2.45, 2.75) is 18.9 Å². The van der Waals surface area contributed by atoms with Crippen molar-refractivity contribution in [2.24, 2.45) is 0 Å². The highest BCUT2D eigenvalue weighted by atomic mass is 16.5. The number of terminal acetylenes is 1. The summed E-state index contributed by atoms with van der Waals surface area (Å²) in [6, 6.07) is 11.3. The third-order valence-corrected chi connectivity index (χ3v) is 5.09. The van der Waals surface area contributed by atoms with Gasteiger partial charge < -0.3 is 19.7 Å². The largest absolute Gasteiger partial charge is 0.493 e. The molecular formula is C23H21N5O2. The molecule has 1 fully saturated rings. The lowest BCUT2D eigenvalue weighted by atomic mass is 10.1. The van der Waals surface area contributed by atoms with Crippen molar-refractivity contribution >= 4 is 22.4 Å². The van der Waals surface area contributed by atoms with Gasteiger partial charge in [-0.2, -0.15) is 5.26 Å². The Labute approximate surface area is 175 Å². The number of fused-ring (bicyclic) bond motifs is 1. The van der Waals surface area contributed by atoms with E-state index in [0.29, 0.717) is 30.4 Å². The monoisotopic (exact) mass is 399 g/mol. The lowest BCUT2D eigenvalue weighted by Crippen LogP contribution is -2.35. The summed E-state index contributed by atoms with van der Waals surface area (Å²) < 4.78 is 11.8. The van der Waals surface area contributed by atoms with E-state index in [1.165, 1.54) is 6.33 Å². The molecule has 7 nitrogen and oxygen atoms in total. The first kappa shape index (κ1) is 19.4. The molecule has 1 aliphatic rings. The number of likely N-dealkylation sites (tertiary alicyclic amines) is 1.